The first-order chi connectivity index (χ1) is 11.6. The van der Waals surface area contributed by atoms with Crippen molar-refractivity contribution in [1.82, 2.24) is 9.88 Å². The first-order valence-corrected chi connectivity index (χ1v) is 7.95. The van der Waals surface area contributed by atoms with Crippen molar-refractivity contribution in [2.75, 3.05) is 19.8 Å². The smallest absolute Gasteiger partial charge is 0.407 e. The van der Waals surface area contributed by atoms with Gasteiger partial charge < -0.3 is 19.4 Å². The lowest BCUT2D eigenvalue weighted by atomic mass is 10.2. The molecule has 0 unspecified atom stereocenters. The topological polar surface area (TPSA) is 69.6 Å². The van der Waals surface area contributed by atoms with Gasteiger partial charge in [0.1, 0.15) is 12.4 Å². The molecular formula is C17H19ClN2O4. The number of carbonyl (C=O) groups excluding carboxylic acids is 1. The minimum Gasteiger partial charge on any atom is -0.490 e. The number of carbonyl (C=O) groups is 1. The number of nitrogens with zero attached hydrogens (tertiary/aromatic N) is 1. The normalized spacial score (nSPS) is 10.2. The van der Waals surface area contributed by atoms with E-state index in [1.165, 1.54) is 6.07 Å². The molecular weight excluding hydrogens is 332 g/mol. The summed E-state index contributed by atoms with van der Waals surface area (Å²) in [4.78, 5) is 22.8. The van der Waals surface area contributed by atoms with E-state index in [0.717, 1.165) is 5.56 Å². The van der Waals surface area contributed by atoms with Gasteiger partial charge in [0, 0.05) is 12.3 Å². The van der Waals surface area contributed by atoms with E-state index in [2.05, 4.69) is 5.32 Å². The van der Waals surface area contributed by atoms with Crippen LogP contribution in [0.25, 0.3) is 0 Å². The van der Waals surface area contributed by atoms with Crippen molar-refractivity contribution in [1.29, 1.82) is 0 Å². The van der Waals surface area contributed by atoms with Gasteiger partial charge in [-0.15, -0.1) is 0 Å². The van der Waals surface area contributed by atoms with E-state index < -0.39 is 6.09 Å². The van der Waals surface area contributed by atoms with Crippen molar-refractivity contribution in [3.8, 4) is 5.75 Å². The van der Waals surface area contributed by atoms with E-state index in [-0.39, 0.29) is 12.2 Å². The fourth-order valence-corrected chi connectivity index (χ4v) is 2.30. The van der Waals surface area contributed by atoms with Crippen LogP contribution in [0.3, 0.4) is 0 Å². The molecule has 0 bridgehead atoms. The molecule has 1 aromatic heterocycles. The Labute approximate surface area is 145 Å². The van der Waals surface area contributed by atoms with E-state index in [4.69, 9.17) is 21.1 Å². The van der Waals surface area contributed by atoms with Crippen molar-refractivity contribution in [3.63, 3.8) is 0 Å². The highest BCUT2D eigenvalue weighted by Crippen LogP contribution is 2.25. The van der Waals surface area contributed by atoms with Gasteiger partial charge in [-0.05, 0) is 30.7 Å². The molecule has 1 N–H and O–H groups in total. The van der Waals surface area contributed by atoms with E-state index in [9.17, 15) is 9.59 Å². The summed E-state index contributed by atoms with van der Waals surface area (Å²) in [5, 5.41) is 3.01. The van der Waals surface area contributed by atoms with Crippen LogP contribution in [0.5, 0.6) is 5.75 Å². The van der Waals surface area contributed by atoms with Crippen molar-refractivity contribution >= 4 is 17.7 Å². The molecule has 2 aromatic rings. The number of rotatable bonds is 7. The Morgan fingerprint density at radius 2 is 2.12 bits per heavy atom. The second-order valence-corrected chi connectivity index (χ2v) is 5.33. The molecule has 1 heterocycles. The van der Waals surface area contributed by atoms with Crippen LogP contribution < -0.4 is 15.6 Å². The first kappa shape index (κ1) is 17.9. The summed E-state index contributed by atoms with van der Waals surface area (Å²) < 4.78 is 11.9. The summed E-state index contributed by atoms with van der Waals surface area (Å²) in [5.41, 5.74) is 0.823. The zero-order chi connectivity index (χ0) is 17.4. The van der Waals surface area contributed by atoms with Crippen LogP contribution in [-0.2, 0) is 11.3 Å². The summed E-state index contributed by atoms with van der Waals surface area (Å²) in [6.07, 6.45) is 1.25. The maximum absolute atomic E-state index is 11.7. The molecule has 6 nitrogen and oxygen atoms in total. The number of benzene rings is 1. The zero-order valence-corrected chi connectivity index (χ0v) is 14.1. The molecule has 1 aromatic carbocycles. The number of alkyl carbamates (subject to hydrolysis) is 1. The highest BCUT2D eigenvalue weighted by molar-refractivity contribution is 6.32. The van der Waals surface area contributed by atoms with Gasteiger partial charge in [-0.25, -0.2) is 4.79 Å². The van der Waals surface area contributed by atoms with Gasteiger partial charge in [-0.1, -0.05) is 23.7 Å². The molecule has 0 spiro atoms. The maximum Gasteiger partial charge on any atom is 0.407 e. The minimum atomic E-state index is -0.476. The predicted molar refractivity (Wildman–Crippen MR) is 91.8 cm³/mol. The predicted octanol–water partition coefficient (Wildman–Crippen LogP) is 2.67. The molecule has 1 amide bonds. The Morgan fingerprint density at radius 1 is 1.29 bits per heavy atom. The summed E-state index contributed by atoms with van der Waals surface area (Å²) in [6, 6.07) is 10.4. The Kier molecular flexibility index (Phi) is 6.69. The van der Waals surface area contributed by atoms with E-state index in [1.807, 2.05) is 6.07 Å². The molecule has 7 heteroatoms. The van der Waals surface area contributed by atoms with Crippen LogP contribution >= 0.6 is 11.6 Å². The number of nitrogens with one attached hydrogen (secondary N) is 1. The number of ether oxygens (including phenoxy) is 2. The SMILES string of the molecule is CCOC(=O)NCCOc1ccc(Cn2ccccc2=O)cc1Cl. The second-order valence-electron chi connectivity index (χ2n) is 4.93. The molecule has 0 saturated carbocycles. The standard InChI is InChI=1S/C17H19ClN2O4/c1-2-23-17(22)19-8-10-24-15-7-6-13(11-14(15)18)12-20-9-4-3-5-16(20)21/h3-7,9,11H,2,8,10,12H2,1H3,(H,19,22). The monoisotopic (exact) mass is 350 g/mol. The second kappa shape index (κ2) is 8.98. The van der Waals surface area contributed by atoms with Gasteiger partial charge in [0.2, 0.25) is 0 Å². The number of halogens is 1. The van der Waals surface area contributed by atoms with Crippen molar-refractivity contribution in [2.45, 2.75) is 13.5 Å². The van der Waals surface area contributed by atoms with Gasteiger partial charge in [-0.2, -0.15) is 0 Å². The van der Waals surface area contributed by atoms with Crippen LogP contribution in [0.1, 0.15) is 12.5 Å². The largest absolute Gasteiger partial charge is 0.490 e. The summed E-state index contributed by atoms with van der Waals surface area (Å²) in [5.74, 6) is 0.520. The summed E-state index contributed by atoms with van der Waals surface area (Å²) in [7, 11) is 0. The van der Waals surface area contributed by atoms with E-state index >= 15 is 0 Å². The number of pyridine rings is 1. The quantitative estimate of drug-likeness (QED) is 0.779. The van der Waals surface area contributed by atoms with Gasteiger partial charge in [0.05, 0.1) is 24.7 Å². The average molecular weight is 351 g/mol. The third kappa shape index (κ3) is 5.31. The van der Waals surface area contributed by atoms with Gasteiger partial charge in [0.15, 0.2) is 0 Å². The zero-order valence-electron chi connectivity index (χ0n) is 13.3. The minimum absolute atomic E-state index is 0.0704. The molecule has 0 radical (unpaired) electrons. The Balaban J connectivity index is 1.89. The highest BCUT2D eigenvalue weighted by Gasteiger charge is 2.05. The van der Waals surface area contributed by atoms with Crippen molar-refractivity contribution < 1.29 is 14.3 Å². The van der Waals surface area contributed by atoms with Crippen molar-refractivity contribution in [2.24, 2.45) is 0 Å². The number of aromatic nitrogens is 1. The molecule has 24 heavy (non-hydrogen) atoms. The van der Waals surface area contributed by atoms with Gasteiger partial charge in [0.25, 0.3) is 5.56 Å². The number of hydrogen-bond acceptors (Lipinski definition) is 4. The van der Waals surface area contributed by atoms with Crippen molar-refractivity contribution in [3.05, 3.63) is 63.5 Å². The molecule has 0 aliphatic heterocycles. The van der Waals surface area contributed by atoms with Crippen LogP contribution in [-0.4, -0.2) is 30.4 Å². The average Bonchev–Trinajstić information content (AvgIpc) is 2.55. The summed E-state index contributed by atoms with van der Waals surface area (Å²) in [6.45, 7) is 3.09. The molecule has 128 valence electrons. The van der Waals surface area contributed by atoms with Crippen LogP contribution in [0, 0.1) is 0 Å². The maximum atomic E-state index is 11.7. The van der Waals surface area contributed by atoms with Gasteiger partial charge >= 0.3 is 6.09 Å². The fourth-order valence-electron chi connectivity index (χ4n) is 2.04. The van der Waals surface area contributed by atoms with Crippen LogP contribution in [0.15, 0.2) is 47.4 Å². The highest BCUT2D eigenvalue weighted by atomic mass is 35.5. The van der Waals surface area contributed by atoms with E-state index in [1.54, 1.807) is 42.0 Å². The summed E-state index contributed by atoms with van der Waals surface area (Å²) >= 11 is 6.20. The third-order valence-electron chi connectivity index (χ3n) is 3.15. The van der Waals surface area contributed by atoms with E-state index in [0.29, 0.717) is 30.5 Å². The molecule has 0 aliphatic rings. The Hall–Kier alpha value is -2.47. The Bertz CT molecular complexity index is 745. The lowest BCUT2D eigenvalue weighted by Crippen LogP contribution is -2.28. The molecule has 0 saturated heterocycles. The van der Waals surface area contributed by atoms with Crippen LogP contribution in [0.4, 0.5) is 4.79 Å². The molecule has 2 rings (SSSR count). The Morgan fingerprint density at radius 3 is 2.83 bits per heavy atom. The third-order valence-corrected chi connectivity index (χ3v) is 3.45. The lowest BCUT2D eigenvalue weighted by molar-refractivity contribution is 0.150. The molecule has 0 fully saturated rings. The molecule has 0 atom stereocenters. The fraction of sp³-hybridized carbons (Fsp3) is 0.294. The number of hydrogen-bond donors (Lipinski definition) is 1. The number of amides is 1. The first-order valence-electron chi connectivity index (χ1n) is 7.57. The van der Waals surface area contributed by atoms with Crippen LogP contribution in [0.2, 0.25) is 5.02 Å². The van der Waals surface area contributed by atoms with Gasteiger partial charge in [-0.3, -0.25) is 4.79 Å². The lowest BCUT2D eigenvalue weighted by Gasteiger charge is -2.11. The molecule has 0 aliphatic carbocycles.